The highest BCUT2D eigenvalue weighted by Crippen LogP contribution is 2.08. The van der Waals surface area contributed by atoms with Crippen LogP contribution in [0.5, 0.6) is 0 Å². The zero-order chi connectivity index (χ0) is 10.4. The SMILES string of the molecule is CCN(CC)CCc1ccccc1C. The van der Waals surface area contributed by atoms with Gasteiger partial charge in [-0.1, -0.05) is 38.1 Å². The summed E-state index contributed by atoms with van der Waals surface area (Å²) in [7, 11) is 0. The Hall–Kier alpha value is -0.820. The largest absolute Gasteiger partial charge is 0.304 e. The van der Waals surface area contributed by atoms with Crippen molar-refractivity contribution < 1.29 is 0 Å². The molecule has 1 aromatic carbocycles. The summed E-state index contributed by atoms with van der Waals surface area (Å²) in [5, 5.41) is 0. The van der Waals surface area contributed by atoms with E-state index in [9.17, 15) is 0 Å². The van der Waals surface area contributed by atoms with Crippen LogP contribution >= 0.6 is 0 Å². The molecule has 1 nitrogen and oxygen atoms in total. The molecule has 0 aromatic heterocycles. The van der Waals surface area contributed by atoms with Gasteiger partial charge in [-0.15, -0.1) is 0 Å². The Morgan fingerprint density at radius 3 is 2.29 bits per heavy atom. The fraction of sp³-hybridized carbons (Fsp3) is 0.538. The summed E-state index contributed by atoms with van der Waals surface area (Å²) in [6.07, 6.45) is 1.17. The lowest BCUT2D eigenvalue weighted by Crippen LogP contribution is -2.25. The van der Waals surface area contributed by atoms with Crippen molar-refractivity contribution in [2.24, 2.45) is 0 Å². The van der Waals surface area contributed by atoms with Crippen molar-refractivity contribution >= 4 is 0 Å². The van der Waals surface area contributed by atoms with Gasteiger partial charge >= 0.3 is 0 Å². The summed E-state index contributed by atoms with van der Waals surface area (Å²) in [5.41, 5.74) is 2.90. The van der Waals surface area contributed by atoms with Crippen LogP contribution in [-0.2, 0) is 6.42 Å². The number of likely N-dealkylation sites (N-methyl/N-ethyl adjacent to an activating group) is 1. The van der Waals surface area contributed by atoms with Crippen LogP contribution in [0, 0.1) is 6.92 Å². The van der Waals surface area contributed by atoms with Crippen molar-refractivity contribution in [2.45, 2.75) is 27.2 Å². The average molecular weight is 191 g/mol. The minimum atomic E-state index is 1.16. The van der Waals surface area contributed by atoms with Gasteiger partial charge in [0.05, 0.1) is 0 Å². The molecule has 14 heavy (non-hydrogen) atoms. The maximum atomic E-state index is 2.46. The van der Waals surface area contributed by atoms with E-state index in [0.29, 0.717) is 0 Å². The summed E-state index contributed by atoms with van der Waals surface area (Å²) in [5.74, 6) is 0. The molecule has 0 unspecified atom stereocenters. The summed E-state index contributed by atoms with van der Waals surface area (Å²) in [4.78, 5) is 2.46. The van der Waals surface area contributed by atoms with Gasteiger partial charge in [-0.3, -0.25) is 0 Å². The molecule has 0 heterocycles. The molecule has 0 aliphatic heterocycles. The van der Waals surface area contributed by atoms with Crippen LogP contribution in [0.3, 0.4) is 0 Å². The van der Waals surface area contributed by atoms with Gasteiger partial charge in [-0.05, 0) is 37.6 Å². The lowest BCUT2D eigenvalue weighted by Gasteiger charge is -2.18. The monoisotopic (exact) mass is 191 g/mol. The first-order valence-electron chi connectivity index (χ1n) is 5.54. The molecular formula is C13H21N. The van der Waals surface area contributed by atoms with E-state index in [1.807, 2.05) is 0 Å². The fourth-order valence-corrected chi connectivity index (χ4v) is 1.71. The molecule has 1 heteroatoms. The minimum Gasteiger partial charge on any atom is -0.304 e. The van der Waals surface area contributed by atoms with Crippen LogP contribution in [-0.4, -0.2) is 24.5 Å². The lowest BCUT2D eigenvalue weighted by molar-refractivity contribution is 0.308. The van der Waals surface area contributed by atoms with Crippen LogP contribution in [0.2, 0.25) is 0 Å². The van der Waals surface area contributed by atoms with Gasteiger partial charge in [-0.2, -0.15) is 0 Å². The first-order chi connectivity index (χ1) is 6.77. The van der Waals surface area contributed by atoms with Crippen molar-refractivity contribution in [3.8, 4) is 0 Å². The summed E-state index contributed by atoms with van der Waals surface area (Å²) < 4.78 is 0. The van der Waals surface area contributed by atoms with Gasteiger partial charge in [0.25, 0.3) is 0 Å². The molecule has 0 radical (unpaired) electrons. The fourth-order valence-electron chi connectivity index (χ4n) is 1.71. The van der Waals surface area contributed by atoms with Gasteiger partial charge in [0.1, 0.15) is 0 Å². The quantitative estimate of drug-likeness (QED) is 0.691. The number of hydrogen-bond donors (Lipinski definition) is 0. The van der Waals surface area contributed by atoms with Gasteiger partial charge < -0.3 is 4.90 Å². The van der Waals surface area contributed by atoms with Crippen molar-refractivity contribution in [3.05, 3.63) is 35.4 Å². The Morgan fingerprint density at radius 2 is 1.71 bits per heavy atom. The number of hydrogen-bond acceptors (Lipinski definition) is 1. The minimum absolute atomic E-state index is 1.16. The van der Waals surface area contributed by atoms with E-state index in [0.717, 1.165) is 13.1 Å². The predicted molar refractivity (Wildman–Crippen MR) is 62.7 cm³/mol. The maximum Gasteiger partial charge on any atom is 0.00217 e. The van der Waals surface area contributed by atoms with Crippen molar-refractivity contribution in [3.63, 3.8) is 0 Å². The molecule has 78 valence electrons. The summed E-state index contributed by atoms with van der Waals surface area (Å²) in [6.45, 7) is 10.1. The Labute approximate surface area is 87.7 Å². The highest BCUT2D eigenvalue weighted by Gasteiger charge is 2.01. The first kappa shape index (κ1) is 11.3. The number of rotatable bonds is 5. The Balaban J connectivity index is 2.49. The van der Waals surface area contributed by atoms with Crippen LogP contribution < -0.4 is 0 Å². The molecule has 0 atom stereocenters. The predicted octanol–water partition coefficient (Wildman–Crippen LogP) is 2.88. The Morgan fingerprint density at radius 1 is 1.07 bits per heavy atom. The van der Waals surface area contributed by atoms with Crippen LogP contribution in [0.25, 0.3) is 0 Å². The van der Waals surface area contributed by atoms with Gasteiger partial charge in [0.15, 0.2) is 0 Å². The molecule has 0 fully saturated rings. The van der Waals surface area contributed by atoms with Crippen molar-refractivity contribution in [1.82, 2.24) is 4.90 Å². The highest BCUT2D eigenvalue weighted by molar-refractivity contribution is 5.25. The van der Waals surface area contributed by atoms with E-state index in [1.165, 1.54) is 24.1 Å². The molecular weight excluding hydrogens is 170 g/mol. The zero-order valence-electron chi connectivity index (χ0n) is 9.59. The molecule has 0 amide bonds. The van der Waals surface area contributed by atoms with Crippen LogP contribution in [0.4, 0.5) is 0 Å². The smallest absolute Gasteiger partial charge is 0.00217 e. The highest BCUT2D eigenvalue weighted by atomic mass is 15.1. The second-order valence-electron chi connectivity index (χ2n) is 3.70. The molecule has 1 aromatic rings. The third-order valence-electron chi connectivity index (χ3n) is 2.85. The Kier molecular flexibility index (Phi) is 4.68. The van der Waals surface area contributed by atoms with Crippen LogP contribution in [0.1, 0.15) is 25.0 Å². The second-order valence-corrected chi connectivity index (χ2v) is 3.70. The van der Waals surface area contributed by atoms with Gasteiger partial charge in [0, 0.05) is 6.54 Å². The average Bonchev–Trinajstić information content (AvgIpc) is 2.22. The zero-order valence-corrected chi connectivity index (χ0v) is 9.59. The van der Waals surface area contributed by atoms with E-state index < -0.39 is 0 Å². The van der Waals surface area contributed by atoms with Crippen molar-refractivity contribution in [2.75, 3.05) is 19.6 Å². The number of nitrogens with zero attached hydrogens (tertiary/aromatic N) is 1. The third-order valence-corrected chi connectivity index (χ3v) is 2.85. The molecule has 0 saturated heterocycles. The van der Waals surface area contributed by atoms with E-state index in [2.05, 4.69) is 49.9 Å². The van der Waals surface area contributed by atoms with E-state index >= 15 is 0 Å². The Bertz CT molecular complexity index is 264. The molecule has 0 N–H and O–H groups in total. The first-order valence-corrected chi connectivity index (χ1v) is 5.54. The van der Waals surface area contributed by atoms with E-state index in [4.69, 9.17) is 0 Å². The molecule has 1 rings (SSSR count). The standard InChI is InChI=1S/C13H21N/c1-4-14(5-2)11-10-13-9-7-6-8-12(13)3/h6-9H,4-5,10-11H2,1-3H3. The molecule has 0 aliphatic carbocycles. The maximum absolute atomic E-state index is 2.46. The topological polar surface area (TPSA) is 3.24 Å². The van der Waals surface area contributed by atoms with Crippen LogP contribution in [0.15, 0.2) is 24.3 Å². The third kappa shape index (κ3) is 3.15. The molecule has 0 saturated carbocycles. The number of benzene rings is 1. The molecule has 0 bridgehead atoms. The normalized spacial score (nSPS) is 10.9. The summed E-state index contributed by atoms with van der Waals surface area (Å²) >= 11 is 0. The number of aryl methyl sites for hydroxylation is 1. The van der Waals surface area contributed by atoms with Crippen molar-refractivity contribution in [1.29, 1.82) is 0 Å². The molecule has 0 spiro atoms. The molecule has 0 aliphatic rings. The van der Waals surface area contributed by atoms with E-state index in [1.54, 1.807) is 0 Å². The van der Waals surface area contributed by atoms with Gasteiger partial charge in [-0.25, -0.2) is 0 Å². The van der Waals surface area contributed by atoms with E-state index in [-0.39, 0.29) is 0 Å². The second kappa shape index (κ2) is 5.82. The summed E-state index contributed by atoms with van der Waals surface area (Å²) in [6, 6.07) is 8.66. The lowest BCUT2D eigenvalue weighted by atomic mass is 10.1. The van der Waals surface area contributed by atoms with Gasteiger partial charge in [0.2, 0.25) is 0 Å².